The molecule has 21 heavy (non-hydrogen) atoms. The fourth-order valence-corrected chi connectivity index (χ4v) is 2.15. The lowest BCUT2D eigenvalue weighted by Gasteiger charge is -2.25. The molecule has 0 aliphatic heterocycles. The zero-order chi connectivity index (χ0) is 15.2. The highest BCUT2D eigenvalue weighted by Gasteiger charge is 2.19. The van der Waals surface area contributed by atoms with Crippen molar-refractivity contribution in [2.75, 3.05) is 11.4 Å². The first-order chi connectivity index (χ1) is 10.2. The van der Waals surface area contributed by atoms with Gasteiger partial charge in [-0.25, -0.2) is 8.78 Å². The first-order valence-electron chi connectivity index (χ1n) is 6.89. The molecular weight excluding hydrogens is 270 g/mol. The second-order valence-electron chi connectivity index (χ2n) is 4.71. The molecule has 0 bridgehead atoms. The second kappa shape index (κ2) is 6.85. The quantitative estimate of drug-likeness (QED) is 0.791. The summed E-state index contributed by atoms with van der Waals surface area (Å²) in [6, 6.07) is 13.7. The maximum atomic E-state index is 14.2. The fraction of sp³-hybridized carbons (Fsp3) is 0.235. The van der Waals surface area contributed by atoms with Crippen LogP contribution in [-0.4, -0.2) is 6.54 Å². The van der Waals surface area contributed by atoms with Crippen LogP contribution in [0.1, 0.15) is 25.3 Å². The molecule has 2 nitrogen and oxygen atoms in total. The summed E-state index contributed by atoms with van der Waals surface area (Å²) in [5.74, 6) is -2.07. The lowest BCUT2D eigenvalue weighted by molar-refractivity contribution is 0.506. The molecule has 0 saturated heterocycles. The largest absolute Gasteiger partial charge is 0.339 e. The van der Waals surface area contributed by atoms with E-state index in [1.807, 2.05) is 37.3 Å². The molecule has 0 saturated carbocycles. The van der Waals surface area contributed by atoms with Gasteiger partial charge in [-0.2, -0.15) is 5.26 Å². The van der Waals surface area contributed by atoms with E-state index in [-0.39, 0.29) is 11.3 Å². The topological polar surface area (TPSA) is 27.0 Å². The molecule has 0 amide bonds. The molecule has 0 fully saturated rings. The highest BCUT2D eigenvalue weighted by molar-refractivity contribution is 5.64. The van der Waals surface area contributed by atoms with Crippen LogP contribution in [0, 0.1) is 23.0 Å². The summed E-state index contributed by atoms with van der Waals surface area (Å²) in [6.07, 6.45) is 1.81. The van der Waals surface area contributed by atoms with Crippen molar-refractivity contribution >= 4 is 11.4 Å². The molecule has 2 rings (SSSR count). The van der Waals surface area contributed by atoms with Crippen LogP contribution in [0.3, 0.4) is 0 Å². The summed E-state index contributed by atoms with van der Waals surface area (Å²) in [7, 11) is 0. The van der Waals surface area contributed by atoms with Gasteiger partial charge >= 0.3 is 0 Å². The van der Waals surface area contributed by atoms with Crippen molar-refractivity contribution in [2.24, 2.45) is 0 Å². The average molecular weight is 286 g/mol. The van der Waals surface area contributed by atoms with Crippen LogP contribution in [0.2, 0.25) is 0 Å². The predicted molar refractivity (Wildman–Crippen MR) is 79.4 cm³/mol. The molecule has 2 aromatic rings. The maximum Gasteiger partial charge on any atom is 0.183 e. The van der Waals surface area contributed by atoms with E-state index in [2.05, 4.69) is 0 Å². The Balaban J connectivity index is 2.47. The third kappa shape index (κ3) is 3.19. The average Bonchev–Trinajstić information content (AvgIpc) is 2.52. The lowest BCUT2D eigenvalue weighted by Crippen LogP contribution is -2.20. The number of anilines is 2. The van der Waals surface area contributed by atoms with Gasteiger partial charge in [0.2, 0.25) is 0 Å². The van der Waals surface area contributed by atoms with Crippen molar-refractivity contribution in [3.8, 4) is 6.07 Å². The molecule has 0 aliphatic carbocycles. The van der Waals surface area contributed by atoms with Gasteiger partial charge in [0.1, 0.15) is 6.07 Å². The third-order valence-corrected chi connectivity index (χ3v) is 3.28. The third-order valence-electron chi connectivity index (χ3n) is 3.28. The van der Waals surface area contributed by atoms with E-state index in [1.54, 1.807) is 11.0 Å². The van der Waals surface area contributed by atoms with E-state index in [0.29, 0.717) is 6.54 Å². The Morgan fingerprint density at radius 2 is 1.76 bits per heavy atom. The number of benzene rings is 2. The van der Waals surface area contributed by atoms with Crippen LogP contribution in [-0.2, 0) is 0 Å². The molecule has 0 radical (unpaired) electrons. The summed E-state index contributed by atoms with van der Waals surface area (Å²) in [5.41, 5.74) is 0.680. The van der Waals surface area contributed by atoms with Crippen LogP contribution >= 0.6 is 0 Å². The Bertz CT molecular complexity index is 648. The van der Waals surface area contributed by atoms with Crippen LogP contribution in [0.15, 0.2) is 42.5 Å². The first kappa shape index (κ1) is 15.0. The Morgan fingerprint density at radius 3 is 2.38 bits per heavy atom. The number of hydrogen-bond acceptors (Lipinski definition) is 2. The van der Waals surface area contributed by atoms with Crippen LogP contribution in [0.4, 0.5) is 20.2 Å². The molecule has 0 aromatic heterocycles. The number of halogens is 2. The number of nitrogens with zero attached hydrogens (tertiary/aromatic N) is 2. The van der Waals surface area contributed by atoms with E-state index in [0.717, 1.165) is 18.5 Å². The second-order valence-corrected chi connectivity index (χ2v) is 4.71. The van der Waals surface area contributed by atoms with Crippen molar-refractivity contribution < 1.29 is 8.78 Å². The highest BCUT2D eigenvalue weighted by Crippen LogP contribution is 2.30. The lowest BCUT2D eigenvalue weighted by atomic mass is 10.1. The summed E-state index contributed by atoms with van der Waals surface area (Å²) in [4.78, 5) is 1.74. The van der Waals surface area contributed by atoms with E-state index >= 15 is 0 Å². The smallest absolute Gasteiger partial charge is 0.183 e. The molecule has 0 N–H and O–H groups in total. The summed E-state index contributed by atoms with van der Waals surface area (Å²) >= 11 is 0. The summed E-state index contributed by atoms with van der Waals surface area (Å²) in [5, 5.41) is 8.76. The number of hydrogen-bond donors (Lipinski definition) is 0. The molecule has 0 heterocycles. The van der Waals surface area contributed by atoms with Gasteiger partial charge in [-0.3, -0.25) is 0 Å². The van der Waals surface area contributed by atoms with Gasteiger partial charge in [0.15, 0.2) is 11.6 Å². The Kier molecular flexibility index (Phi) is 4.89. The van der Waals surface area contributed by atoms with Gasteiger partial charge < -0.3 is 4.90 Å². The van der Waals surface area contributed by atoms with E-state index < -0.39 is 11.6 Å². The maximum absolute atomic E-state index is 14.2. The standard InChI is InChI=1S/C17H16F2N2/c1-2-3-11-21(14-7-5-4-6-8-14)15-10-9-13(12-20)16(18)17(15)19/h4-10H,2-3,11H2,1H3. The van der Waals surface area contributed by atoms with Gasteiger partial charge in [0.25, 0.3) is 0 Å². The molecule has 0 spiro atoms. The Labute approximate surface area is 123 Å². The van der Waals surface area contributed by atoms with E-state index in [1.165, 1.54) is 12.1 Å². The molecule has 4 heteroatoms. The minimum absolute atomic E-state index is 0.158. The first-order valence-corrected chi connectivity index (χ1v) is 6.89. The fourth-order valence-electron chi connectivity index (χ4n) is 2.15. The zero-order valence-electron chi connectivity index (χ0n) is 11.8. The molecule has 2 aromatic carbocycles. The van der Waals surface area contributed by atoms with Gasteiger partial charge in [0, 0.05) is 12.2 Å². The van der Waals surface area contributed by atoms with Gasteiger partial charge in [-0.05, 0) is 30.7 Å². The summed E-state index contributed by atoms with van der Waals surface area (Å²) in [6.45, 7) is 2.63. The predicted octanol–water partition coefficient (Wildman–Crippen LogP) is 4.77. The van der Waals surface area contributed by atoms with E-state index in [4.69, 9.17) is 5.26 Å². The number of para-hydroxylation sites is 1. The summed E-state index contributed by atoms with van der Waals surface area (Å²) < 4.78 is 28.1. The highest BCUT2D eigenvalue weighted by atomic mass is 19.2. The Hall–Kier alpha value is -2.41. The van der Waals surface area contributed by atoms with Gasteiger partial charge in [0.05, 0.1) is 11.3 Å². The molecule has 0 unspecified atom stereocenters. The minimum Gasteiger partial charge on any atom is -0.339 e. The number of rotatable bonds is 5. The van der Waals surface area contributed by atoms with Crippen molar-refractivity contribution in [1.29, 1.82) is 5.26 Å². The molecule has 0 aliphatic rings. The van der Waals surface area contributed by atoms with Crippen LogP contribution in [0.25, 0.3) is 0 Å². The van der Waals surface area contributed by atoms with Crippen molar-refractivity contribution in [3.63, 3.8) is 0 Å². The van der Waals surface area contributed by atoms with Gasteiger partial charge in [-0.15, -0.1) is 0 Å². The minimum atomic E-state index is -1.09. The number of unbranched alkanes of at least 4 members (excludes halogenated alkanes) is 1. The monoisotopic (exact) mass is 286 g/mol. The molecule has 108 valence electrons. The van der Waals surface area contributed by atoms with Crippen molar-refractivity contribution in [3.05, 3.63) is 59.7 Å². The zero-order valence-corrected chi connectivity index (χ0v) is 11.8. The van der Waals surface area contributed by atoms with Crippen molar-refractivity contribution in [1.82, 2.24) is 0 Å². The van der Waals surface area contributed by atoms with Crippen LogP contribution < -0.4 is 4.90 Å². The molecular formula is C17H16F2N2. The Morgan fingerprint density at radius 1 is 1.05 bits per heavy atom. The van der Waals surface area contributed by atoms with Gasteiger partial charge in [-0.1, -0.05) is 31.5 Å². The van der Waals surface area contributed by atoms with E-state index in [9.17, 15) is 8.78 Å². The normalized spacial score (nSPS) is 10.2. The SMILES string of the molecule is CCCCN(c1ccccc1)c1ccc(C#N)c(F)c1F. The van der Waals surface area contributed by atoms with Crippen LogP contribution in [0.5, 0.6) is 0 Å². The van der Waals surface area contributed by atoms with Crippen molar-refractivity contribution in [2.45, 2.75) is 19.8 Å². The number of nitriles is 1. The molecule has 0 atom stereocenters.